The third kappa shape index (κ3) is 3.17. The molecule has 8 heteroatoms. The van der Waals surface area contributed by atoms with Crippen LogP contribution in [0.2, 0.25) is 0 Å². The summed E-state index contributed by atoms with van der Waals surface area (Å²) in [6, 6.07) is 5.38. The van der Waals surface area contributed by atoms with Crippen molar-refractivity contribution < 1.29 is 9.53 Å². The van der Waals surface area contributed by atoms with Gasteiger partial charge < -0.3 is 15.8 Å². The van der Waals surface area contributed by atoms with Gasteiger partial charge in [0.2, 0.25) is 5.82 Å². The van der Waals surface area contributed by atoms with Crippen LogP contribution < -0.4 is 15.8 Å². The molecule has 0 atom stereocenters. The fourth-order valence-electron chi connectivity index (χ4n) is 2.13. The number of nitrogens with two attached hydrogens (primary N) is 1. The maximum absolute atomic E-state index is 12.3. The van der Waals surface area contributed by atoms with E-state index < -0.39 is 5.91 Å². The smallest absolute Gasteiger partial charge is 0.293 e. The average Bonchev–Trinajstić information content (AvgIpc) is 3.03. The number of nitrogens with zero attached hydrogens (tertiary/aromatic N) is 4. The second-order valence-electron chi connectivity index (χ2n) is 5.11. The Bertz CT molecular complexity index is 873. The van der Waals surface area contributed by atoms with Crippen molar-refractivity contribution >= 4 is 17.3 Å². The number of hydrogen-bond acceptors (Lipinski definition) is 6. The summed E-state index contributed by atoms with van der Waals surface area (Å²) in [5.41, 5.74) is 8.70. The van der Waals surface area contributed by atoms with E-state index >= 15 is 0 Å². The van der Waals surface area contributed by atoms with Gasteiger partial charge in [0.15, 0.2) is 5.75 Å². The number of amides is 1. The lowest BCUT2D eigenvalue weighted by atomic mass is 10.1. The van der Waals surface area contributed by atoms with Gasteiger partial charge in [-0.25, -0.2) is 9.97 Å². The predicted octanol–water partition coefficient (Wildman–Crippen LogP) is 1.72. The number of nitrogen functional groups attached to an aromatic ring is 1. The second-order valence-corrected chi connectivity index (χ2v) is 5.11. The fraction of sp³-hybridized carbons (Fsp3) is 0.125. The molecule has 0 saturated carbocycles. The number of methoxy groups -OCH3 is 1. The first kappa shape index (κ1) is 15.5. The Morgan fingerprint density at radius 2 is 1.96 bits per heavy atom. The maximum Gasteiger partial charge on any atom is 0.293 e. The highest BCUT2D eigenvalue weighted by atomic mass is 16.5. The number of aromatic nitrogens is 4. The number of carbonyl (C=O) groups is 1. The van der Waals surface area contributed by atoms with E-state index in [9.17, 15) is 4.79 Å². The topological polar surface area (TPSA) is 108 Å². The standard InChI is InChI=1S/C16H16N6O2/c1-22-9-11(6-20-22)10-3-4-13(17)14(5-10)21-16(23)15-18-7-12(24-2)8-19-15/h3-9H,17H2,1-2H3,(H,21,23). The van der Waals surface area contributed by atoms with E-state index in [1.165, 1.54) is 19.5 Å². The summed E-state index contributed by atoms with van der Waals surface area (Å²) in [5.74, 6) is 0.0549. The maximum atomic E-state index is 12.3. The van der Waals surface area contributed by atoms with Crippen molar-refractivity contribution in [1.29, 1.82) is 0 Å². The average molecular weight is 324 g/mol. The number of ether oxygens (including phenoxy) is 1. The van der Waals surface area contributed by atoms with Crippen LogP contribution in [-0.4, -0.2) is 32.8 Å². The molecule has 0 aliphatic rings. The van der Waals surface area contributed by atoms with E-state index in [0.717, 1.165) is 11.1 Å². The Hall–Kier alpha value is -3.42. The van der Waals surface area contributed by atoms with Gasteiger partial charge in [0, 0.05) is 18.8 Å². The lowest BCUT2D eigenvalue weighted by molar-refractivity contribution is 0.101. The molecule has 0 aliphatic carbocycles. The van der Waals surface area contributed by atoms with Crippen molar-refractivity contribution in [3.05, 3.63) is 48.8 Å². The molecule has 3 N–H and O–H groups in total. The summed E-state index contributed by atoms with van der Waals surface area (Å²) in [6.07, 6.45) is 6.47. The molecule has 0 radical (unpaired) electrons. The van der Waals surface area contributed by atoms with Crippen molar-refractivity contribution in [2.45, 2.75) is 0 Å². The van der Waals surface area contributed by atoms with E-state index in [2.05, 4.69) is 20.4 Å². The molecule has 0 spiro atoms. The van der Waals surface area contributed by atoms with Gasteiger partial charge in [-0.3, -0.25) is 9.48 Å². The highest BCUT2D eigenvalue weighted by Gasteiger charge is 2.12. The lowest BCUT2D eigenvalue weighted by Gasteiger charge is -2.09. The Morgan fingerprint density at radius 3 is 2.58 bits per heavy atom. The van der Waals surface area contributed by atoms with E-state index in [1.807, 2.05) is 19.3 Å². The first-order valence-corrected chi connectivity index (χ1v) is 7.13. The first-order chi connectivity index (χ1) is 11.6. The molecule has 1 aromatic carbocycles. The summed E-state index contributed by atoms with van der Waals surface area (Å²) in [6.45, 7) is 0. The molecule has 2 heterocycles. The Kier molecular flexibility index (Phi) is 4.11. The number of benzene rings is 1. The van der Waals surface area contributed by atoms with Gasteiger partial charge >= 0.3 is 0 Å². The molecule has 0 unspecified atom stereocenters. The molecular weight excluding hydrogens is 308 g/mol. The summed E-state index contributed by atoms with van der Waals surface area (Å²) >= 11 is 0. The van der Waals surface area contributed by atoms with E-state index in [1.54, 1.807) is 23.0 Å². The van der Waals surface area contributed by atoms with E-state index in [-0.39, 0.29) is 5.82 Å². The van der Waals surface area contributed by atoms with Gasteiger partial charge in [-0.2, -0.15) is 5.10 Å². The number of aryl methyl sites for hydroxylation is 1. The zero-order valence-electron chi connectivity index (χ0n) is 13.2. The van der Waals surface area contributed by atoms with Crippen molar-refractivity contribution in [2.75, 3.05) is 18.2 Å². The highest BCUT2D eigenvalue weighted by Crippen LogP contribution is 2.27. The third-order valence-corrected chi connectivity index (χ3v) is 3.41. The molecule has 0 aliphatic heterocycles. The molecule has 0 bridgehead atoms. The largest absolute Gasteiger partial charge is 0.494 e. The zero-order chi connectivity index (χ0) is 17.1. The fourth-order valence-corrected chi connectivity index (χ4v) is 2.13. The van der Waals surface area contributed by atoms with Crippen LogP contribution >= 0.6 is 0 Å². The first-order valence-electron chi connectivity index (χ1n) is 7.13. The number of hydrogen-bond donors (Lipinski definition) is 2. The van der Waals surface area contributed by atoms with Crippen LogP contribution in [0.5, 0.6) is 5.75 Å². The van der Waals surface area contributed by atoms with Gasteiger partial charge in [-0.1, -0.05) is 6.07 Å². The van der Waals surface area contributed by atoms with Crippen molar-refractivity contribution in [1.82, 2.24) is 19.7 Å². The molecule has 8 nitrogen and oxygen atoms in total. The van der Waals surface area contributed by atoms with Crippen LogP contribution in [0.1, 0.15) is 10.6 Å². The molecular formula is C16H16N6O2. The second kappa shape index (κ2) is 6.37. The minimum absolute atomic E-state index is 0.0296. The molecule has 0 saturated heterocycles. The number of rotatable bonds is 4. The van der Waals surface area contributed by atoms with Crippen molar-refractivity contribution in [3.63, 3.8) is 0 Å². The molecule has 2 aromatic heterocycles. The van der Waals surface area contributed by atoms with Crippen LogP contribution in [0.25, 0.3) is 11.1 Å². The Labute approximate surface area is 138 Å². The van der Waals surface area contributed by atoms with Crippen LogP contribution in [0.4, 0.5) is 11.4 Å². The van der Waals surface area contributed by atoms with E-state index in [0.29, 0.717) is 17.1 Å². The SMILES string of the molecule is COc1cnc(C(=O)Nc2cc(-c3cnn(C)c3)ccc2N)nc1. The van der Waals surface area contributed by atoms with Crippen molar-refractivity contribution in [3.8, 4) is 16.9 Å². The van der Waals surface area contributed by atoms with E-state index in [4.69, 9.17) is 10.5 Å². The molecule has 3 aromatic rings. The summed E-state index contributed by atoms with van der Waals surface area (Å²) < 4.78 is 6.67. The Morgan fingerprint density at radius 1 is 1.21 bits per heavy atom. The minimum atomic E-state index is -0.451. The number of anilines is 2. The summed E-state index contributed by atoms with van der Waals surface area (Å²) in [7, 11) is 3.34. The van der Waals surface area contributed by atoms with Gasteiger partial charge in [0.1, 0.15) is 0 Å². The van der Waals surface area contributed by atoms with Gasteiger partial charge in [-0.15, -0.1) is 0 Å². The summed E-state index contributed by atoms with van der Waals surface area (Å²) in [5, 5.41) is 6.86. The van der Waals surface area contributed by atoms with Crippen LogP contribution in [0, 0.1) is 0 Å². The lowest BCUT2D eigenvalue weighted by Crippen LogP contribution is -2.16. The zero-order valence-corrected chi connectivity index (χ0v) is 13.2. The van der Waals surface area contributed by atoms with Crippen LogP contribution in [0.3, 0.4) is 0 Å². The van der Waals surface area contributed by atoms with Crippen LogP contribution in [0.15, 0.2) is 43.0 Å². The van der Waals surface area contributed by atoms with Gasteiger partial charge in [-0.05, 0) is 17.7 Å². The number of carbonyl (C=O) groups excluding carboxylic acids is 1. The predicted molar refractivity (Wildman–Crippen MR) is 89.6 cm³/mol. The molecule has 0 fully saturated rings. The minimum Gasteiger partial charge on any atom is -0.494 e. The highest BCUT2D eigenvalue weighted by molar-refractivity contribution is 6.03. The van der Waals surface area contributed by atoms with Crippen molar-refractivity contribution in [2.24, 2.45) is 7.05 Å². The molecule has 24 heavy (non-hydrogen) atoms. The quantitative estimate of drug-likeness (QED) is 0.707. The monoisotopic (exact) mass is 324 g/mol. The van der Waals surface area contributed by atoms with Gasteiger partial charge in [0.25, 0.3) is 5.91 Å². The van der Waals surface area contributed by atoms with Crippen LogP contribution in [-0.2, 0) is 7.05 Å². The van der Waals surface area contributed by atoms with Gasteiger partial charge in [0.05, 0.1) is 37.1 Å². The third-order valence-electron chi connectivity index (χ3n) is 3.41. The normalized spacial score (nSPS) is 10.4. The molecule has 122 valence electrons. The Balaban J connectivity index is 1.84. The molecule has 3 rings (SSSR count). The summed E-state index contributed by atoms with van der Waals surface area (Å²) in [4.78, 5) is 20.2. The number of nitrogens with one attached hydrogen (secondary N) is 1. The molecule has 1 amide bonds.